The molecule has 1 aromatic rings. The second kappa shape index (κ2) is 7.82. The monoisotopic (exact) mass is 381 g/mol. The van der Waals surface area contributed by atoms with E-state index in [0.29, 0.717) is 47.3 Å². The van der Waals surface area contributed by atoms with Crippen LogP contribution in [0.5, 0.6) is 5.75 Å². The molecule has 2 amide bonds. The summed E-state index contributed by atoms with van der Waals surface area (Å²) in [4.78, 5) is 26.4. The molecular formula is C18H24ClN3O4. The van der Waals surface area contributed by atoms with E-state index in [0.717, 1.165) is 12.8 Å². The first kappa shape index (κ1) is 18.9. The zero-order valence-electron chi connectivity index (χ0n) is 15.2. The van der Waals surface area contributed by atoms with Crippen molar-refractivity contribution in [1.29, 1.82) is 0 Å². The maximum Gasteiger partial charge on any atom is 0.255 e. The average molecular weight is 382 g/mol. The van der Waals surface area contributed by atoms with Crippen LogP contribution in [0.25, 0.3) is 0 Å². The average Bonchev–Trinajstić information content (AvgIpc) is 2.56. The van der Waals surface area contributed by atoms with E-state index < -0.39 is 0 Å². The lowest BCUT2D eigenvalue weighted by atomic mass is 9.90. The smallest absolute Gasteiger partial charge is 0.255 e. The molecule has 26 heavy (non-hydrogen) atoms. The summed E-state index contributed by atoms with van der Waals surface area (Å²) < 4.78 is 10.9. The fourth-order valence-electron chi connectivity index (χ4n) is 3.66. The Bertz CT molecular complexity index is 698. The zero-order valence-corrected chi connectivity index (χ0v) is 15.9. The Morgan fingerprint density at radius 2 is 1.92 bits per heavy atom. The van der Waals surface area contributed by atoms with Crippen molar-refractivity contribution in [1.82, 2.24) is 10.2 Å². The van der Waals surface area contributed by atoms with E-state index in [9.17, 15) is 9.59 Å². The molecule has 0 saturated carbocycles. The van der Waals surface area contributed by atoms with Gasteiger partial charge in [-0.15, -0.1) is 0 Å². The first-order valence-corrected chi connectivity index (χ1v) is 9.02. The summed E-state index contributed by atoms with van der Waals surface area (Å²) in [5.74, 6) is -0.106. The van der Waals surface area contributed by atoms with E-state index in [4.69, 9.17) is 21.1 Å². The maximum atomic E-state index is 12.8. The number of carbonyl (C=O) groups is 2. The largest absolute Gasteiger partial charge is 0.496 e. The van der Waals surface area contributed by atoms with Crippen LogP contribution in [-0.2, 0) is 9.53 Å². The van der Waals surface area contributed by atoms with E-state index in [1.54, 1.807) is 6.07 Å². The van der Waals surface area contributed by atoms with Crippen molar-refractivity contribution >= 4 is 29.1 Å². The summed E-state index contributed by atoms with van der Waals surface area (Å²) in [6, 6.07) is 3.81. The molecule has 2 heterocycles. The Morgan fingerprint density at radius 3 is 2.50 bits per heavy atom. The summed E-state index contributed by atoms with van der Waals surface area (Å²) in [5, 5.41) is 6.02. The van der Waals surface area contributed by atoms with E-state index in [1.165, 1.54) is 20.1 Å². The molecule has 1 aromatic carbocycles. The van der Waals surface area contributed by atoms with Crippen LogP contribution in [0.15, 0.2) is 12.1 Å². The highest BCUT2D eigenvalue weighted by molar-refractivity contribution is 6.34. The molecule has 2 bridgehead atoms. The van der Waals surface area contributed by atoms with E-state index in [1.807, 2.05) is 0 Å². The second-order valence-corrected chi connectivity index (χ2v) is 7.27. The second-order valence-electron chi connectivity index (χ2n) is 6.87. The van der Waals surface area contributed by atoms with Gasteiger partial charge in [0.1, 0.15) is 5.75 Å². The number of anilines is 1. The molecule has 0 aliphatic carbocycles. The van der Waals surface area contributed by atoms with Crippen LogP contribution >= 0.6 is 11.6 Å². The van der Waals surface area contributed by atoms with Gasteiger partial charge in [0.05, 0.1) is 36.6 Å². The number of halogens is 1. The zero-order chi connectivity index (χ0) is 18.8. The highest BCUT2D eigenvalue weighted by atomic mass is 35.5. The van der Waals surface area contributed by atoms with Crippen LogP contribution < -0.4 is 15.4 Å². The molecule has 0 radical (unpaired) electrons. The molecule has 7 nitrogen and oxygen atoms in total. The highest BCUT2D eigenvalue weighted by Gasteiger charge is 2.37. The number of methoxy groups -OCH3 is 1. The predicted molar refractivity (Wildman–Crippen MR) is 99.0 cm³/mol. The molecule has 2 fully saturated rings. The Labute approximate surface area is 158 Å². The predicted octanol–water partition coefficient (Wildman–Crippen LogP) is 1.90. The van der Waals surface area contributed by atoms with Gasteiger partial charge in [0, 0.05) is 31.1 Å². The molecule has 2 aliphatic rings. The topological polar surface area (TPSA) is 79.9 Å². The number of amides is 2. The molecule has 2 aliphatic heterocycles. The lowest BCUT2D eigenvalue weighted by Crippen LogP contribution is -2.59. The number of hydrogen-bond donors (Lipinski definition) is 2. The number of fused-ring (bicyclic) bond motifs is 2. The number of likely N-dealkylation sites (N-methyl/N-ethyl adjacent to an activating group) is 1. The van der Waals surface area contributed by atoms with Crippen molar-refractivity contribution in [2.45, 2.75) is 37.9 Å². The third-order valence-electron chi connectivity index (χ3n) is 5.07. The van der Waals surface area contributed by atoms with E-state index >= 15 is 0 Å². The molecular weight excluding hydrogens is 358 g/mol. The van der Waals surface area contributed by atoms with Crippen LogP contribution in [0.1, 0.15) is 30.1 Å². The Kier molecular flexibility index (Phi) is 5.70. The number of piperidine rings is 1. The number of morpholine rings is 1. The van der Waals surface area contributed by atoms with Gasteiger partial charge in [0.2, 0.25) is 5.91 Å². The third-order valence-corrected chi connectivity index (χ3v) is 5.38. The van der Waals surface area contributed by atoms with Crippen molar-refractivity contribution < 1.29 is 19.1 Å². The van der Waals surface area contributed by atoms with Crippen molar-refractivity contribution in [3.05, 3.63) is 22.7 Å². The number of nitrogens with one attached hydrogen (secondary N) is 2. The molecule has 3 rings (SSSR count). The quantitative estimate of drug-likeness (QED) is 0.832. The Morgan fingerprint density at radius 1 is 1.27 bits per heavy atom. The lowest BCUT2D eigenvalue weighted by Gasteiger charge is -2.46. The SMILES string of the molecule is COc1cc(NC(C)=O)c(Cl)cc1C(=O)NC1CC2COCC(C1)N2C. The minimum Gasteiger partial charge on any atom is -0.496 e. The molecule has 2 saturated heterocycles. The molecule has 8 heteroatoms. The van der Waals surface area contributed by atoms with Crippen molar-refractivity contribution in [2.75, 3.05) is 32.7 Å². The summed E-state index contributed by atoms with van der Waals surface area (Å²) in [6.45, 7) is 2.78. The number of nitrogens with zero attached hydrogens (tertiary/aromatic N) is 1. The molecule has 2 N–H and O–H groups in total. The summed E-state index contributed by atoms with van der Waals surface area (Å²) in [7, 11) is 3.59. The van der Waals surface area contributed by atoms with E-state index in [-0.39, 0.29) is 17.9 Å². The minimum atomic E-state index is -0.244. The molecule has 2 unspecified atom stereocenters. The summed E-state index contributed by atoms with van der Waals surface area (Å²) in [5.41, 5.74) is 0.769. The van der Waals surface area contributed by atoms with Gasteiger partial charge in [-0.3, -0.25) is 14.5 Å². The van der Waals surface area contributed by atoms with Gasteiger partial charge in [-0.1, -0.05) is 11.6 Å². The number of hydrogen-bond acceptors (Lipinski definition) is 5. The summed E-state index contributed by atoms with van der Waals surface area (Å²) in [6.07, 6.45) is 1.69. The Hall–Kier alpha value is -1.83. The number of benzene rings is 1. The standard InChI is InChI=1S/C18H24ClN3O4/c1-10(23)20-16-7-17(25-3)14(6-15(16)19)18(24)21-11-4-12-8-26-9-13(5-11)22(12)2/h6-7,11-13H,4-5,8-9H2,1-3H3,(H,20,23)(H,21,24). The highest BCUT2D eigenvalue weighted by Crippen LogP contribution is 2.32. The lowest BCUT2D eigenvalue weighted by molar-refractivity contribution is -0.114. The van der Waals surface area contributed by atoms with Gasteiger partial charge in [-0.2, -0.15) is 0 Å². The molecule has 142 valence electrons. The first-order chi connectivity index (χ1) is 12.4. The van der Waals surface area contributed by atoms with Crippen LogP contribution in [0, 0.1) is 0 Å². The van der Waals surface area contributed by atoms with Crippen LogP contribution in [-0.4, -0.2) is 62.2 Å². The normalized spacial score (nSPS) is 25.5. The van der Waals surface area contributed by atoms with Crippen molar-refractivity contribution in [3.8, 4) is 5.75 Å². The van der Waals surface area contributed by atoms with Crippen LogP contribution in [0.3, 0.4) is 0 Å². The first-order valence-electron chi connectivity index (χ1n) is 8.64. The number of ether oxygens (including phenoxy) is 2. The molecule has 0 spiro atoms. The maximum absolute atomic E-state index is 12.8. The molecule has 2 atom stereocenters. The van der Waals surface area contributed by atoms with E-state index in [2.05, 4.69) is 22.6 Å². The van der Waals surface area contributed by atoms with Crippen molar-refractivity contribution in [3.63, 3.8) is 0 Å². The van der Waals surface area contributed by atoms with Gasteiger partial charge in [0.15, 0.2) is 0 Å². The minimum absolute atomic E-state index is 0.0797. The number of carbonyl (C=O) groups excluding carboxylic acids is 2. The van der Waals surface area contributed by atoms with Crippen LogP contribution in [0.4, 0.5) is 5.69 Å². The van der Waals surface area contributed by atoms with Crippen LogP contribution in [0.2, 0.25) is 5.02 Å². The fourth-order valence-corrected chi connectivity index (χ4v) is 3.87. The molecule has 0 aromatic heterocycles. The fraction of sp³-hybridized carbons (Fsp3) is 0.556. The number of rotatable bonds is 4. The van der Waals surface area contributed by atoms with Gasteiger partial charge in [0.25, 0.3) is 5.91 Å². The van der Waals surface area contributed by atoms with Gasteiger partial charge < -0.3 is 20.1 Å². The summed E-state index contributed by atoms with van der Waals surface area (Å²) >= 11 is 6.21. The van der Waals surface area contributed by atoms with Gasteiger partial charge >= 0.3 is 0 Å². The third kappa shape index (κ3) is 3.95. The van der Waals surface area contributed by atoms with Gasteiger partial charge in [-0.25, -0.2) is 0 Å². The van der Waals surface area contributed by atoms with Crippen molar-refractivity contribution in [2.24, 2.45) is 0 Å². The van der Waals surface area contributed by atoms with Gasteiger partial charge in [-0.05, 0) is 26.0 Å². The Balaban J connectivity index is 1.75.